The molecule has 0 fully saturated rings. The quantitative estimate of drug-likeness (QED) is 0.467. The predicted molar refractivity (Wildman–Crippen MR) is 47.5 cm³/mol. The third-order valence-corrected chi connectivity index (χ3v) is 1.13. The zero-order chi connectivity index (χ0) is 10.1. The maximum Gasteiger partial charge on any atom is 0.335 e. The molecule has 0 saturated carbocycles. The molecular weight excluding hydrogens is 170 g/mol. The van der Waals surface area contributed by atoms with E-state index in [1.54, 1.807) is 6.92 Å². The molecule has 0 aromatic carbocycles. The van der Waals surface area contributed by atoms with Gasteiger partial charge >= 0.3 is 5.95 Å². The first-order valence-electron chi connectivity index (χ1n) is 4.32. The molecule has 4 heteroatoms. The summed E-state index contributed by atoms with van der Waals surface area (Å²) >= 11 is 0. The number of nitrogens with zero attached hydrogens (tertiary/aromatic N) is 1. The fourth-order valence-electron chi connectivity index (χ4n) is 0.716. The molecule has 0 radical (unpaired) electrons. The van der Waals surface area contributed by atoms with Gasteiger partial charge in [-0.05, 0) is 20.8 Å². The highest BCUT2D eigenvalue weighted by molar-refractivity contribution is 5.14. The molecule has 0 heterocycles. The summed E-state index contributed by atoms with van der Waals surface area (Å²) in [5.41, 5.74) is 0. The molecule has 0 bridgehead atoms. The van der Waals surface area contributed by atoms with Crippen LogP contribution in [0.1, 0.15) is 20.8 Å². The lowest BCUT2D eigenvalue weighted by atomic mass is 10.5. The van der Waals surface area contributed by atoms with Gasteiger partial charge in [-0.15, -0.1) is 0 Å². The molecule has 0 aliphatic heterocycles. The molecule has 0 N–H and O–H groups in total. The van der Waals surface area contributed by atoms with E-state index in [2.05, 4.69) is 0 Å². The molecule has 74 valence electrons. The van der Waals surface area contributed by atoms with E-state index in [1.165, 1.54) is 0 Å². The second kappa shape index (κ2) is 7.29. The summed E-state index contributed by atoms with van der Waals surface area (Å²) in [4.78, 5) is 0. The van der Waals surface area contributed by atoms with Crippen LogP contribution in [0.2, 0.25) is 0 Å². The van der Waals surface area contributed by atoms with Crippen molar-refractivity contribution in [3.05, 3.63) is 11.7 Å². The Morgan fingerprint density at radius 2 is 1.46 bits per heavy atom. The molecular formula is C9H15NO3. The minimum atomic E-state index is 0.103. The summed E-state index contributed by atoms with van der Waals surface area (Å²) in [6.07, 6.45) is 0. The SMILES string of the molecule is CCOC(C#N)=C(OCC)OCC. The van der Waals surface area contributed by atoms with Gasteiger partial charge < -0.3 is 14.2 Å². The molecule has 0 aromatic rings. The van der Waals surface area contributed by atoms with Crippen LogP contribution in [0.5, 0.6) is 0 Å². The van der Waals surface area contributed by atoms with Gasteiger partial charge in [-0.1, -0.05) is 0 Å². The maximum atomic E-state index is 8.69. The Hall–Kier alpha value is -1.37. The number of allylic oxidation sites excluding steroid dienone is 1. The Balaban J connectivity index is 4.47. The van der Waals surface area contributed by atoms with E-state index in [0.29, 0.717) is 19.8 Å². The Morgan fingerprint density at radius 1 is 1.00 bits per heavy atom. The van der Waals surface area contributed by atoms with Crippen LogP contribution >= 0.6 is 0 Å². The first kappa shape index (κ1) is 11.6. The second-order valence-corrected chi connectivity index (χ2v) is 2.03. The fourth-order valence-corrected chi connectivity index (χ4v) is 0.716. The van der Waals surface area contributed by atoms with Gasteiger partial charge in [-0.3, -0.25) is 0 Å². The zero-order valence-electron chi connectivity index (χ0n) is 8.29. The van der Waals surface area contributed by atoms with E-state index in [0.717, 1.165) is 0 Å². The Kier molecular flexibility index (Phi) is 6.52. The summed E-state index contributed by atoms with van der Waals surface area (Å²) in [6, 6.07) is 1.88. The maximum absolute atomic E-state index is 8.69. The molecule has 0 atom stereocenters. The Labute approximate surface area is 78.7 Å². The molecule has 0 unspecified atom stereocenters. The molecule has 0 spiro atoms. The summed E-state index contributed by atoms with van der Waals surface area (Å²) in [5.74, 6) is 0.278. The lowest BCUT2D eigenvalue weighted by Gasteiger charge is -2.10. The highest BCUT2D eigenvalue weighted by Crippen LogP contribution is 2.08. The Bertz CT molecular complexity index is 197. The van der Waals surface area contributed by atoms with Crippen molar-refractivity contribution in [1.29, 1.82) is 5.26 Å². The highest BCUT2D eigenvalue weighted by Gasteiger charge is 2.09. The molecule has 0 aliphatic carbocycles. The van der Waals surface area contributed by atoms with Gasteiger partial charge in [0.15, 0.2) is 0 Å². The van der Waals surface area contributed by atoms with Crippen molar-refractivity contribution in [3.63, 3.8) is 0 Å². The molecule has 0 rings (SSSR count). The van der Waals surface area contributed by atoms with Crippen LogP contribution in [0.15, 0.2) is 11.7 Å². The molecule has 0 amide bonds. The summed E-state index contributed by atoms with van der Waals surface area (Å²) < 4.78 is 15.2. The molecule has 0 aliphatic rings. The van der Waals surface area contributed by atoms with E-state index in [-0.39, 0.29) is 11.7 Å². The number of rotatable bonds is 6. The molecule has 0 aromatic heterocycles. The predicted octanol–water partition coefficient (Wildman–Crippen LogP) is 1.79. The van der Waals surface area contributed by atoms with Gasteiger partial charge in [-0.25, -0.2) is 0 Å². The van der Waals surface area contributed by atoms with E-state index in [9.17, 15) is 0 Å². The lowest BCUT2D eigenvalue weighted by Crippen LogP contribution is -2.04. The number of ether oxygens (including phenoxy) is 3. The Morgan fingerprint density at radius 3 is 1.77 bits per heavy atom. The van der Waals surface area contributed by atoms with Gasteiger partial charge in [0.05, 0.1) is 19.8 Å². The van der Waals surface area contributed by atoms with E-state index >= 15 is 0 Å². The third-order valence-electron chi connectivity index (χ3n) is 1.13. The van der Waals surface area contributed by atoms with Crippen molar-refractivity contribution in [1.82, 2.24) is 0 Å². The normalized spacial score (nSPS) is 8.46. The van der Waals surface area contributed by atoms with Crippen molar-refractivity contribution in [2.75, 3.05) is 19.8 Å². The number of hydrogen-bond donors (Lipinski definition) is 0. The summed E-state index contributed by atoms with van der Waals surface area (Å²) in [5, 5.41) is 8.69. The standard InChI is InChI=1S/C9H15NO3/c1-4-11-8(7-10)9(12-5-2)13-6-3/h4-6H2,1-3H3. The first-order valence-corrected chi connectivity index (χ1v) is 4.32. The van der Waals surface area contributed by atoms with Crippen molar-refractivity contribution >= 4 is 0 Å². The summed E-state index contributed by atoms with van der Waals surface area (Å²) in [6.45, 7) is 6.76. The van der Waals surface area contributed by atoms with Crippen molar-refractivity contribution in [3.8, 4) is 6.07 Å². The topological polar surface area (TPSA) is 51.5 Å². The van der Waals surface area contributed by atoms with Crippen molar-refractivity contribution in [2.24, 2.45) is 0 Å². The van der Waals surface area contributed by atoms with Crippen LogP contribution in [0.4, 0.5) is 0 Å². The molecule has 0 saturated heterocycles. The van der Waals surface area contributed by atoms with Crippen LogP contribution in [0, 0.1) is 11.3 Å². The average molecular weight is 185 g/mol. The third kappa shape index (κ3) is 4.26. The van der Waals surface area contributed by atoms with Crippen molar-refractivity contribution < 1.29 is 14.2 Å². The minimum absolute atomic E-state index is 0.103. The van der Waals surface area contributed by atoms with E-state index < -0.39 is 0 Å². The smallest absolute Gasteiger partial charge is 0.335 e. The fraction of sp³-hybridized carbons (Fsp3) is 0.667. The van der Waals surface area contributed by atoms with Crippen LogP contribution in [-0.2, 0) is 14.2 Å². The van der Waals surface area contributed by atoms with Crippen molar-refractivity contribution in [2.45, 2.75) is 20.8 Å². The highest BCUT2D eigenvalue weighted by atomic mass is 16.7. The lowest BCUT2D eigenvalue weighted by molar-refractivity contribution is 0.0265. The average Bonchev–Trinajstić information content (AvgIpc) is 2.14. The first-order chi connectivity index (χ1) is 6.29. The van der Waals surface area contributed by atoms with Crippen LogP contribution in [-0.4, -0.2) is 19.8 Å². The van der Waals surface area contributed by atoms with Gasteiger partial charge in [0.25, 0.3) is 5.76 Å². The summed E-state index contributed by atoms with van der Waals surface area (Å²) in [7, 11) is 0. The largest absolute Gasteiger partial charge is 0.479 e. The monoisotopic (exact) mass is 185 g/mol. The zero-order valence-corrected chi connectivity index (χ0v) is 8.29. The van der Waals surface area contributed by atoms with Gasteiger partial charge in [0.1, 0.15) is 6.07 Å². The number of nitriles is 1. The van der Waals surface area contributed by atoms with E-state index in [1.807, 2.05) is 19.9 Å². The molecule has 13 heavy (non-hydrogen) atoms. The van der Waals surface area contributed by atoms with Gasteiger partial charge in [0, 0.05) is 0 Å². The second-order valence-electron chi connectivity index (χ2n) is 2.03. The van der Waals surface area contributed by atoms with Crippen LogP contribution in [0.3, 0.4) is 0 Å². The van der Waals surface area contributed by atoms with Crippen LogP contribution in [0.25, 0.3) is 0 Å². The van der Waals surface area contributed by atoms with Gasteiger partial charge in [0.2, 0.25) is 0 Å². The molecule has 4 nitrogen and oxygen atoms in total. The van der Waals surface area contributed by atoms with Crippen LogP contribution < -0.4 is 0 Å². The van der Waals surface area contributed by atoms with E-state index in [4.69, 9.17) is 19.5 Å². The number of hydrogen-bond acceptors (Lipinski definition) is 4. The minimum Gasteiger partial charge on any atom is -0.479 e. The van der Waals surface area contributed by atoms with Gasteiger partial charge in [-0.2, -0.15) is 5.26 Å².